The Kier molecular flexibility index (Phi) is 498. The zero-order valence-corrected chi connectivity index (χ0v) is 49.3. The van der Waals surface area contributed by atoms with Crippen LogP contribution in [0.3, 0.4) is 0 Å². The molecule has 0 radical (unpaired) electrons. The first-order chi connectivity index (χ1) is 24.0. The van der Waals surface area contributed by atoms with Crippen LogP contribution in [0.2, 0.25) is 0 Å². The van der Waals surface area contributed by atoms with Gasteiger partial charge in [-0.1, -0.05) is 0 Å². The highest BCUT2D eigenvalue weighted by Gasteiger charge is 1.92. The molecule has 0 aliphatic carbocycles. The molecule has 0 aliphatic rings. The molecular formula is C18H36Cl32O. The van der Waals surface area contributed by atoms with Gasteiger partial charge in [0.1, 0.15) is 4.84 Å². The number of halogens is 32. The van der Waals surface area contributed by atoms with Crippen LogP contribution in [0.5, 0.6) is 0 Å². The highest BCUT2D eigenvalue weighted by atomic mass is 35.6. The van der Waals surface area contributed by atoms with Crippen molar-refractivity contribution in [3.05, 3.63) is 0 Å². The SMILES string of the molecule is ClCCl.ClCCl.ClCCl.ClCCl.ClCCl.ClCCl.ClCCl.ClCCl.ClCCl.ClCCl.ClCCl.ClCCl.ClCCl.ClCCl.ClCCl.OCCC(Cl)Cl. The number of alkyl halides is 32. The Morgan fingerprint density at radius 3 is 0.275 bits per heavy atom. The Bertz CT molecular complexity index is 167. The predicted octanol–water partition coefficient (Wildman–Crippen LogP) is 22.5. The van der Waals surface area contributed by atoms with Crippen LogP contribution >= 0.6 is 371 Å². The Hall–Kier alpha value is 9.24. The third-order valence-corrected chi connectivity index (χ3v) is 0.784. The summed E-state index contributed by atoms with van der Waals surface area (Å²) in [5, 5.41) is 11.0. The number of hydrogen-bond acceptors (Lipinski definition) is 1. The van der Waals surface area contributed by atoms with E-state index in [2.05, 4.69) is 0 Å². The number of hydrogen-bond donors (Lipinski definition) is 1. The van der Waals surface area contributed by atoms with Crippen LogP contribution in [0, 0.1) is 0 Å². The maximum atomic E-state index is 8.07. The summed E-state index contributed by atoms with van der Waals surface area (Å²) in [6.07, 6.45) is 0.461. The average Bonchev–Trinajstić information content (AvgIpc) is 3.00. The highest BCUT2D eigenvalue weighted by Crippen LogP contribution is 2.04. The van der Waals surface area contributed by atoms with Gasteiger partial charge in [-0.25, -0.2) is 0 Å². The molecule has 0 saturated heterocycles. The van der Waals surface area contributed by atoms with Crippen LogP contribution in [0.4, 0.5) is 0 Å². The lowest BCUT2D eigenvalue weighted by atomic mass is 10.5. The first-order valence-corrected chi connectivity index (χ1v) is 26.6. The molecule has 0 rings (SSSR count). The van der Waals surface area contributed by atoms with Gasteiger partial charge < -0.3 is 5.11 Å². The molecule has 0 amide bonds. The van der Waals surface area contributed by atoms with Gasteiger partial charge in [0.15, 0.2) is 0 Å². The zero-order chi connectivity index (χ0) is 45.6. The van der Waals surface area contributed by atoms with Gasteiger partial charge in [0.25, 0.3) is 0 Å². The van der Waals surface area contributed by atoms with Crippen molar-refractivity contribution in [1.29, 1.82) is 0 Å². The van der Waals surface area contributed by atoms with Crippen molar-refractivity contribution >= 4 is 371 Å². The normalized spacial score (nSPS) is 6.47. The van der Waals surface area contributed by atoms with E-state index in [1.807, 2.05) is 0 Å². The fraction of sp³-hybridized carbons (Fsp3) is 1.00. The topological polar surface area (TPSA) is 20.2 Å². The molecule has 0 aromatic carbocycles. The first-order valence-electron chi connectivity index (χ1n) is 9.68. The van der Waals surface area contributed by atoms with Crippen LogP contribution in [0.25, 0.3) is 0 Å². The van der Waals surface area contributed by atoms with Gasteiger partial charge in [0.2, 0.25) is 0 Å². The largest absolute Gasteiger partial charge is 0.396 e. The molecule has 0 aromatic rings. The molecule has 33 heteroatoms. The molecule has 0 bridgehead atoms. The fourth-order valence-electron chi connectivity index (χ4n) is 0.0976. The van der Waals surface area contributed by atoms with E-state index in [0.29, 0.717) is 6.42 Å². The second-order valence-corrected chi connectivity index (χ2v) is 15.8. The second kappa shape index (κ2) is 235. The third-order valence-electron chi connectivity index (χ3n) is 0.347. The van der Waals surface area contributed by atoms with Crippen LogP contribution in [0.15, 0.2) is 0 Å². The highest BCUT2D eigenvalue weighted by molar-refractivity contribution is 6.45. The molecular weight excluding hydrogens is 1370 g/mol. The van der Waals surface area contributed by atoms with Gasteiger partial charge in [-0.15, -0.1) is 371 Å². The Balaban J connectivity index is -0.0000000184. The van der Waals surface area contributed by atoms with Gasteiger partial charge in [-0.05, 0) is 0 Å². The van der Waals surface area contributed by atoms with Gasteiger partial charge in [0.05, 0.1) is 80.1 Å². The van der Waals surface area contributed by atoms with E-state index in [-0.39, 0.29) is 86.7 Å². The van der Waals surface area contributed by atoms with Crippen molar-refractivity contribution in [1.82, 2.24) is 0 Å². The first kappa shape index (κ1) is 108. The third kappa shape index (κ3) is 1300. The quantitative estimate of drug-likeness (QED) is 0.273. The minimum absolute atomic E-state index is 0.0671. The summed E-state index contributed by atoms with van der Waals surface area (Å²) in [7, 11) is 0. The van der Waals surface area contributed by atoms with Crippen molar-refractivity contribution in [2.45, 2.75) is 11.3 Å². The van der Waals surface area contributed by atoms with Gasteiger partial charge in [-0.3, -0.25) is 0 Å². The van der Waals surface area contributed by atoms with E-state index in [4.69, 9.17) is 376 Å². The van der Waals surface area contributed by atoms with Crippen molar-refractivity contribution in [2.24, 2.45) is 0 Å². The summed E-state index contributed by atoms with van der Waals surface area (Å²) >= 11 is 153. The maximum absolute atomic E-state index is 8.07. The monoisotopic (exact) mass is 1390 g/mol. The smallest absolute Gasteiger partial charge is 0.110 e. The summed E-state index contributed by atoms with van der Waals surface area (Å²) in [4.78, 5) is -0.407. The fourth-order valence-corrected chi connectivity index (χ4v) is 0.293. The van der Waals surface area contributed by atoms with Crippen LogP contribution in [0.1, 0.15) is 6.42 Å². The number of rotatable bonds is 2. The van der Waals surface area contributed by atoms with Crippen molar-refractivity contribution in [3.63, 3.8) is 0 Å². The molecule has 0 aromatic heterocycles. The minimum Gasteiger partial charge on any atom is -0.396 e. The molecule has 338 valence electrons. The van der Waals surface area contributed by atoms with Crippen molar-refractivity contribution < 1.29 is 5.11 Å². The Labute approximate surface area is 467 Å². The van der Waals surface area contributed by atoms with Crippen LogP contribution in [-0.2, 0) is 0 Å². The molecule has 0 aliphatic heterocycles. The van der Waals surface area contributed by atoms with Crippen LogP contribution in [-0.4, -0.2) is 96.6 Å². The number of aliphatic hydroxyl groups is 1. The van der Waals surface area contributed by atoms with Gasteiger partial charge in [0, 0.05) is 13.0 Å². The van der Waals surface area contributed by atoms with Crippen molar-refractivity contribution in [3.8, 4) is 0 Å². The standard InChI is InChI=1S/C3H6Cl2O.15CH2Cl2/c4-3(5)1-2-6;15*2-1-3/h3,6H,1-2H2;15*1H2. The molecule has 0 saturated carbocycles. The summed E-state index contributed by atoms with van der Waals surface area (Å²) in [5.41, 5.74) is 0. The molecule has 0 fully saturated rings. The lowest BCUT2D eigenvalue weighted by molar-refractivity contribution is 0.293. The van der Waals surface area contributed by atoms with Crippen LogP contribution < -0.4 is 0 Å². The molecule has 1 N–H and O–H groups in total. The number of aliphatic hydroxyl groups excluding tert-OH is 1. The summed E-state index contributed by atoms with van der Waals surface area (Å²) in [6, 6.07) is 0. The summed E-state index contributed by atoms with van der Waals surface area (Å²) in [6.45, 7) is 0.0671. The molecule has 0 unspecified atom stereocenters. The predicted molar refractivity (Wildman–Crippen MR) is 276 cm³/mol. The molecule has 0 heterocycles. The lowest BCUT2D eigenvalue weighted by Crippen LogP contribution is -1.89. The van der Waals surface area contributed by atoms with E-state index < -0.39 is 4.84 Å². The molecule has 0 spiro atoms. The summed E-state index contributed by atoms with van der Waals surface area (Å²) in [5.74, 6) is 0. The van der Waals surface area contributed by atoms with E-state index in [1.54, 1.807) is 0 Å². The molecule has 0 atom stereocenters. The Morgan fingerprint density at radius 1 is 0.216 bits per heavy atom. The van der Waals surface area contributed by atoms with E-state index >= 15 is 0 Å². The van der Waals surface area contributed by atoms with Gasteiger partial charge in [-0.2, -0.15) is 0 Å². The Morgan fingerprint density at radius 2 is 0.275 bits per heavy atom. The minimum atomic E-state index is -0.407. The van der Waals surface area contributed by atoms with Crippen molar-refractivity contribution in [2.75, 3.05) is 86.7 Å². The maximum Gasteiger partial charge on any atom is 0.110 e. The average molecular weight is 1400 g/mol. The summed E-state index contributed by atoms with van der Waals surface area (Å²) < 4.78 is 0. The molecule has 1 nitrogen and oxygen atoms in total. The van der Waals surface area contributed by atoms with Gasteiger partial charge >= 0.3 is 0 Å². The second-order valence-electron chi connectivity index (χ2n) is 2.42. The lowest BCUT2D eigenvalue weighted by Gasteiger charge is -1.90. The van der Waals surface area contributed by atoms with E-state index in [9.17, 15) is 0 Å². The zero-order valence-electron chi connectivity index (χ0n) is 25.1. The molecule has 51 heavy (non-hydrogen) atoms. The van der Waals surface area contributed by atoms with E-state index in [0.717, 1.165) is 0 Å². The van der Waals surface area contributed by atoms with E-state index in [1.165, 1.54) is 0 Å².